The number of aliphatic carboxylic acids is 1. The predicted molar refractivity (Wildman–Crippen MR) is 86.2 cm³/mol. The summed E-state index contributed by atoms with van der Waals surface area (Å²) in [5.74, 6) is -1.26. The molecule has 0 aliphatic heterocycles. The summed E-state index contributed by atoms with van der Waals surface area (Å²) < 4.78 is 1.89. The van der Waals surface area contributed by atoms with Crippen LogP contribution in [0.4, 0.5) is 0 Å². The summed E-state index contributed by atoms with van der Waals surface area (Å²) in [6, 6.07) is 7.57. The monoisotopic (exact) mass is 315 g/mol. The van der Waals surface area contributed by atoms with Gasteiger partial charge in [-0.2, -0.15) is 0 Å². The highest BCUT2D eigenvalue weighted by molar-refractivity contribution is 5.84. The van der Waals surface area contributed by atoms with E-state index in [1.54, 1.807) is 26.4 Å². The first-order valence-electron chi connectivity index (χ1n) is 7.40. The SMILES string of the molecule is C[C@H](NC(=O)CC(C)(C)C(=O)O)c1ccc(-n2ccnc2)cc1. The fraction of sp³-hybridized carbons (Fsp3) is 0.353. The molecular formula is C17H21N3O3. The van der Waals surface area contributed by atoms with Gasteiger partial charge in [0.2, 0.25) is 5.91 Å². The zero-order valence-electron chi connectivity index (χ0n) is 13.5. The van der Waals surface area contributed by atoms with Gasteiger partial charge >= 0.3 is 5.97 Å². The number of hydrogen-bond acceptors (Lipinski definition) is 3. The quantitative estimate of drug-likeness (QED) is 0.858. The first-order valence-corrected chi connectivity index (χ1v) is 7.40. The Balaban J connectivity index is 1.99. The number of carboxylic acid groups (broad SMARTS) is 1. The fourth-order valence-corrected chi connectivity index (χ4v) is 2.20. The van der Waals surface area contributed by atoms with Gasteiger partial charge in [0.25, 0.3) is 0 Å². The van der Waals surface area contributed by atoms with Crippen LogP contribution in [0.1, 0.15) is 38.8 Å². The topological polar surface area (TPSA) is 84.2 Å². The molecule has 122 valence electrons. The molecule has 0 saturated heterocycles. The molecule has 2 rings (SSSR count). The van der Waals surface area contributed by atoms with E-state index in [0.29, 0.717) is 0 Å². The molecule has 1 heterocycles. The van der Waals surface area contributed by atoms with Crippen LogP contribution in [0.5, 0.6) is 0 Å². The van der Waals surface area contributed by atoms with Crippen molar-refractivity contribution in [2.24, 2.45) is 5.41 Å². The van der Waals surface area contributed by atoms with Gasteiger partial charge in [0.05, 0.1) is 17.8 Å². The van der Waals surface area contributed by atoms with Crippen molar-refractivity contribution in [1.82, 2.24) is 14.9 Å². The molecule has 2 N–H and O–H groups in total. The second-order valence-electron chi connectivity index (χ2n) is 6.22. The third-order valence-electron chi connectivity index (χ3n) is 3.75. The summed E-state index contributed by atoms with van der Waals surface area (Å²) in [5, 5.41) is 11.9. The average molecular weight is 315 g/mol. The fourth-order valence-electron chi connectivity index (χ4n) is 2.20. The number of rotatable bonds is 6. The first-order chi connectivity index (χ1) is 10.8. The Labute approximate surface area is 135 Å². The molecule has 0 bridgehead atoms. The van der Waals surface area contributed by atoms with E-state index in [-0.39, 0.29) is 18.4 Å². The van der Waals surface area contributed by atoms with Gasteiger partial charge in [-0.15, -0.1) is 0 Å². The lowest BCUT2D eigenvalue weighted by Crippen LogP contribution is -2.34. The second-order valence-corrected chi connectivity index (χ2v) is 6.22. The lowest BCUT2D eigenvalue weighted by molar-refractivity contribution is -0.149. The van der Waals surface area contributed by atoms with Crippen LogP contribution in [-0.4, -0.2) is 26.5 Å². The Morgan fingerprint density at radius 1 is 1.30 bits per heavy atom. The van der Waals surface area contributed by atoms with Crippen LogP contribution in [0.25, 0.3) is 5.69 Å². The normalized spacial score (nSPS) is 12.7. The van der Waals surface area contributed by atoms with E-state index in [0.717, 1.165) is 11.3 Å². The van der Waals surface area contributed by atoms with E-state index in [2.05, 4.69) is 10.3 Å². The van der Waals surface area contributed by atoms with Crippen molar-refractivity contribution in [3.05, 3.63) is 48.5 Å². The molecule has 23 heavy (non-hydrogen) atoms. The molecule has 0 unspecified atom stereocenters. The summed E-state index contributed by atoms with van der Waals surface area (Å²) in [5.41, 5.74) is 0.863. The Kier molecular flexibility index (Phi) is 4.83. The maximum atomic E-state index is 12.0. The van der Waals surface area contributed by atoms with Gasteiger partial charge in [-0.05, 0) is 38.5 Å². The molecule has 1 atom stereocenters. The van der Waals surface area contributed by atoms with Crippen molar-refractivity contribution in [2.45, 2.75) is 33.2 Å². The molecule has 0 saturated carbocycles. The Hall–Kier alpha value is -2.63. The molecule has 1 aromatic heterocycles. The number of carboxylic acids is 1. The predicted octanol–water partition coefficient (Wildman–Crippen LogP) is 2.55. The highest BCUT2D eigenvalue weighted by Gasteiger charge is 2.30. The largest absolute Gasteiger partial charge is 0.481 e. The third kappa shape index (κ3) is 4.18. The highest BCUT2D eigenvalue weighted by Crippen LogP contribution is 2.21. The maximum absolute atomic E-state index is 12.0. The molecule has 0 radical (unpaired) electrons. The number of hydrogen-bond donors (Lipinski definition) is 2. The Morgan fingerprint density at radius 2 is 1.96 bits per heavy atom. The van der Waals surface area contributed by atoms with E-state index in [4.69, 9.17) is 5.11 Å². The van der Waals surface area contributed by atoms with E-state index in [1.807, 2.05) is 42.0 Å². The zero-order valence-corrected chi connectivity index (χ0v) is 13.5. The minimum absolute atomic E-state index is 0.0558. The highest BCUT2D eigenvalue weighted by atomic mass is 16.4. The second kappa shape index (κ2) is 6.64. The third-order valence-corrected chi connectivity index (χ3v) is 3.75. The zero-order chi connectivity index (χ0) is 17.0. The lowest BCUT2D eigenvalue weighted by Gasteiger charge is -2.21. The van der Waals surface area contributed by atoms with E-state index < -0.39 is 11.4 Å². The summed E-state index contributed by atoms with van der Waals surface area (Å²) in [4.78, 5) is 27.1. The minimum Gasteiger partial charge on any atom is -0.481 e. The van der Waals surface area contributed by atoms with Crippen molar-refractivity contribution < 1.29 is 14.7 Å². The standard InChI is InChI=1S/C17H21N3O3/c1-12(19-15(21)10-17(2,3)16(22)23)13-4-6-14(7-5-13)20-9-8-18-11-20/h4-9,11-12H,10H2,1-3H3,(H,19,21)(H,22,23)/t12-/m0/s1. The van der Waals surface area contributed by atoms with Gasteiger partial charge in [0.1, 0.15) is 0 Å². The molecule has 0 fully saturated rings. The van der Waals surface area contributed by atoms with E-state index in [1.165, 1.54) is 0 Å². The van der Waals surface area contributed by atoms with Gasteiger partial charge in [-0.25, -0.2) is 4.98 Å². The van der Waals surface area contributed by atoms with Crippen LogP contribution in [-0.2, 0) is 9.59 Å². The van der Waals surface area contributed by atoms with Crippen LogP contribution in [0.15, 0.2) is 43.0 Å². The Bertz CT molecular complexity index is 676. The first kappa shape index (κ1) is 16.7. The lowest BCUT2D eigenvalue weighted by atomic mass is 9.89. The van der Waals surface area contributed by atoms with Crippen LogP contribution < -0.4 is 5.32 Å². The molecule has 0 spiro atoms. The molecule has 1 amide bonds. The molecule has 0 aliphatic carbocycles. The van der Waals surface area contributed by atoms with Gasteiger partial charge in [0.15, 0.2) is 0 Å². The van der Waals surface area contributed by atoms with Gasteiger partial charge < -0.3 is 15.0 Å². The van der Waals surface area contributed by atoms with Crippen molar-refractivity contribution in [2.75, 3.05) is 0 Å². The number of aromatic nitrogens is 2. The number of carbonyl (C=O) groups excluding carboxylic acids is 1. The Morgan fingerprint density at radius 3 is 2.48 bits per heavy atom. The van der Waals surface area contributed by atoms with Crippen LogP contribution in [0.3, 0.4) is 0 Å². The van der Waals surface area contributed by atoms with Gasteiger partial charge in [0, 0.05) is 24.5 Å². The summed E-state index contributed by atoms with van der Waals surface area (Å²) in [6.45, 7) is 4.96. The van der Waals surface area contributed by atoms with E-state index in [9.17, 15) is 9.59 Å². The van der Waals surface area contributed by atoms with Gasteiger partial charge in [-0.1, -0.05) is 12.1 Å². The van der Waals surface area contributed by atoms with E-state index >= 15 is 0 Å². The molecule has 6 nitrogen and oxygen atoms in total. The number of imidazole rings is 1. The van der Waals surface area contributed by atoms with Crippen molar-refractivity contribution >= 4 is 11.9 Å². The number of amides is 1. The van der Waals surface area contributed by atoms with Crippen molar-refractivity contribution in [1.29, 1.82) is 0 Å². The summed E-state index contributed by atoms with van der Waals surface area (Å²) in [6.07, 6.45) is 5.23. The minimum atomic E-state index is -1.07. The van der Waals surface area contributed by atoms with Crippen molar-refractivity contribution in [3.8, 4) is 5.69 Å². The summed E-state index contributed by atoms with van der Waals surface area (Å²) in [7, 11) is 0. The van der Waals surface area contributed by atoms with Crippen LogP contribution in [0.2, 0.25) is 0 Å². The van der Waals surface area contributed by atoms with Crippen LogP contribution in [0, 0.1) is 5.41 Å². The molecular weight excluding hydrogens is 294 g/mol. The average Bonchev–Trinajstić information content (AvgIpc) is 3.00. The maximum Gasteiger partial charge on any atom is 0.309 e. The van der Waals surface area contributed by atoms with Crippen LogP contribution >= 0.6 is 0 Å². The molecule has 1 aromatic carbocycles. The number of nitrogens with zero attached hydrogens (tertiary/aromatic N) is 2. The number of nitrogens with one attached hydrogen (secondary N) is 1. The van der Waals surface area contributed by atoms with Crippen molar-refractivity contribution in [3.63, 3.8) is 0 Å². The molecule has 6 heteroatoms. The number of benzene rings is 1. The summed E-state index contributed by atoms with van der Waals surface area (Å²) >= 11 is 0. The molecule has 0 aliphatic rings. The molecule has 2 aromatic rings. The van der Waals surface area contributed by atoms with Gasteiger partial charge in [-0.3, -0.25) is 9.59 Å². The smallest absolute Gasteiger partial charge is 0.309 e. The number of carbonyl (C=O) groups is 2.